The van der Waals surface area contributed by atoms with Crippen molar-refractivity contribution in [3.8, 4) is 5.75 Å². The molecular formula is C29H33N3O4. The van der Waals surface area contributed by atoms with Crippen LogP contribution in [0.25, 0.3) is 0 Å². The van der Waals surface area contributed by atoms with Crippen molar-refractivity contribution in [2.75, 3.05) is 0 Å². The van der Waals surface area contributed by atoms with Gasteiger partial charge in [-0.15, -0.1) is 0 Å². The molecule has 0 spiro atoms. The number of fused-ring (bicyclic) bond motifs is 1. The lowest BCUT2D eigenvalue weighted by molar-refractivity contribution is 0.0642. The zero-order chi connectivity index (χ0) is 25.2. The first-order valence-corrected chi connectivity index (χ1v) is 12.8. The highest BCUT2D eigenvalue weighted by molar-refractivity contribution is 5.96. The minimum atomic E-state index is -0.487. The number of amides is 1. The van der Waals surface area contributed by atoms with Crippen molar-refractivity contribution < 1.29 is 19.1 Å². The summed E-state index contributed by atoms with van der Waals surface area (Å²) in [5, 5.41) is 4.49. The van der Waals surface area contributed by atoms with Crippen LogP contribution in [-0.2, 0) is 24.2 Å². The van der Waals surface area contributed by atoms with Gasteiger partial charge in [0, 0.05) is 23.8 Å². The molecule has 188 valence electrons. The molecule has 1 saturated carbocycles. The number of rotatable bonds is 7. The van der Waals surface area contributed by atoms with Gasteiger partial charge < -0.3 is 14.4 Å². The predicted octanol–water partition coefficient (Wildman–Crippen LogP) is 5.33. The van der Waals surface area contributed by atoms with Crippen LogP contribution in [0.15, 0.2) is 54.7 Å². The molecule has 1 amide bonds. The van der Waals surface area contributed by atoms with E-state index in [1.165, 1.54) is 4.68 Å². The number of aryl methyl sites for hydroxylation is 2. The Balaban J connectivity index is 1.28. The first-order valence-electron chi connectivity index (χ1n) is 12.8. The lowest BCUT2D eigenvalue weighted by Gasteiger charge is -2.34. The van der Waals surface area contributed by atoms with Gasteiger partial charge in [0.1, 0.15) is 12.4 Å². The SMILES string of the molecule is Cc1cc(OC(C)C)ccc1C(=O)N(C1CC1)C1CCc2nn(C(=O)OCc3ccccc3)cc2C1. The van der Waals surface area contributed by atoms with Gasteiger partial charge in [-0.3, -0.25) is 4.79 Å². The lowest BCUT2D eigenvalue weighted by Crippen LogP contribution is -2.45. The number of aromatic nitrogens is 2. The van der Waals surface area contributed by atoms with E-state index in [1.807, 2.05) is 69.3 Å². The van der Waals surface area contributed by atoms with Crippen molar-refractivity contribution in [3.05, 3.63) is 82.7 Å². The largest absolute Gasteiger partial charge is 0.491 e. The number of hydrogen-bond donors (Lipinski definition) is 0. The molecule has 1 aromatic heterocycles. The number of nitrogens with zero attached hydrogens (tertiary/aromatic N) is 3. The first-order chi connectivity index (χ1) is 17.4. The third-order valence-corrected chi connectivity index (χ3v) is 6.81. The van der Waals surface area contributed by atoms with Gasteiger partial charge in [0.25, 0.3) is 5.91 Å². The fourth-order valence-electron chi connectivity index (χ4n) is 4.95. The van der Waals surface area contributed by atoms with Crippen molar-refractivity contribution in [1.29, 1.82) is 0 Å². The molecule has 1 fully saturated rings. The van der Waals surface area contributed by atoms with Gasteiger partial charge in [-0.1, -0.05) is 30.3 Å². The van der Waals surface area contributed by atoms with Gasteiger partial charge in [0.15, 0.2) is 0 Å². The molecule has 0 N–H and O–H groups in total. The van der Waals surface area contributed by atoms with Gasteiger partial charge in [0.2, 0.25) is 0 Å². The number of carbonyl (C=O) groups excluding carboxylic acids is 2. The Bertz CT molecular complexity index is 1250. The van der Waals surface area contributed by atoms with Crippen LogP contribution in [0.5, 0.6) is 5.75 Å². The molecule has 1 atom stereocenters. The highest BCUT2D eigenvalue weighted by Gasteiger charge is 2.40. The third-order valence-electron chi connectivity index (χ3n) is 6.81. The quantitative estimate of drug-likeness (QED) is 0.451. The number of ether oxygens (including phenoxy) is 2. The molecule has 2 aliphatic rings. The van der Waals surface area contributed by atoms with Crippen LogP contribution >= 0.6 is 0 Å². The van der Waals surface area contributed by atoms with Crippen molar-refractivity contribution >= 4 is 12.0 Å². The average Bonchev–Trinajstić information content (AvgIpc) is 3.59. The maximum atomic E-state index is 13.7. The minimum absolute atomic E-state index is 0.0780. The Morgan fingerprint density at radius 3 is 2.56 bits per heavy atom. The van der Waals surface area contributed by atoms with Crippen molar-refractivity contribution in [2.45, 2.75) is 77.7 Å². The summed E-state index contributed by atoms with van der Waals surface area (Å²) >= 11 is 0. The Morgan fingerprint density at radius 2 is 1.86 bits per heavy atom. The van der Waals surface area contributed by atoms with Crippen LogP contribution in [0, 0.1) is 6.92 Å². The first kappa shape index (κ1) is 24.1. The summed E-state index contributed by atoms with van der Waals surface area (Å²) in [4.78, 5) is 28.4. The average molecular weight is 488 g/mol. The molecule has 2 aliphatic carbocycles. The monoisotopic (exact) mass is 487 g/mol. The summed E-state index contributed by atoms with van der Waals surface area (Å²) in [6.45, 7) is 6.16. The molecule has 0 bridgehead atoms. The molecule has 1 unspecified atom stereocenters. The van der Waals surface area contributed by atoms with Gasteiger partial charge >= 0.3 is 6.09 Å². The molecule has 0 aliphatic heterocycles. The van der Waals surface area contributed by atoms with Crippen LogP contribution < -0.4 is 4.74 Å². The molecular weight excluding hydrogens is 454 g/mol. The normalized spacial score (nSPS) is 16.9. The molecule has 7 nitrogen and oxygen atoms in total. The van der Waals surface area contributed by atoms with Gasteiger partial charge in [-0.25, -0.2) is 4.79 Å². The van der Waals surface area contributed by atoms with Crippen molar-refractivity contribution in [2.24, 2.45) is 0 Å². The van der Waals surface area contributed by atoms with Crippen molar-refractivity contribution in [3.63, 3.8) is 0 Å². The second-order valence-electron chi connectivity index (χ2n) is 10.1. The molecule has 3 aromatic rings. The summed E-state index contributed by atoms with van der Waals surface area (Å²) < 4.78 is 12.5. The van der Waals surface area contributed by atoms with E-state index < -0.39 is 6.09 Å². The van der Waals surface area contributed by atoms with Crippen LogP contribution in [0.2, 0.25) is 0 Å². The summed E-state index contributed by atoms with van der Waals surface area (Å²) in [6, 6.07) is 15.7. The zero-order valence-electron chi connectivity index (χ0n) is 21.1. The second kappa shape index (κ2) is 10.2. The predicted molar refractivity (Wildman–Crippen MR) is 136 cm³/mol. The topological polar surface area (TPSA) is 73.7 Å². The molecule has 2 aromatic carbocycles. The maximum absolute atomic E-state index is 13.7. The fourth-order valence-corrected chi connectivity index (χ4v) is 4.95. The standard InChI is InChI=1S/C29H33N3O4/c1-19(2)36-25-12-13-26(20(3)15-25)28(33)32(23-9-10-23)24-11-14-27-22(16-24)17-31(30-27)29(34)35-18-21-7-5-4-6-8-21/h4-8,12-13,15,17,19,23-24H,9-11,14,16,18H2,1-3H3. The number of hydrogen-bond acceptors (Lipinski definition) is 5. The van der Waals surface area contributed by atoms with Crippen molar-refractivity contribution in [1.82, 2.24) is 14.7 Å². The Hall–Kier alpha value is -3.61. The molecule has 1 heterocycles. The molecule has 5 rings (SSSR count). The highest BCUT2D eigenvalue weighted by atomic mass is 16.6. The Morgan fingerprint density at radius 1 is 1.08 bits per heavy atom. The summed E-state index contributed by atoms with van der Waals surface area (Å²) in [7, 11) is 0. The van der Waals surface area contributed by atoms with Crippen LogP contribution in [0.4, 0.5) is 4.79 Å². The Kier molecular flexibility index (Phi) is 6.81. The molecule has 7 heteroatoms. The van der Waals surface area contributed by atoms with E-state index in [0.29, 0.717) is 6.42 Å². The Labute approximate surface area is 212 Å². The third kappa shape index (κ3) is 5.30. The van der Waals surface area contributed by atoms with E-state index in [9.17, 15) is 9.59 Å². The zero-order valence-corrected chi connectivity index (χ0v) is 21.1. The van der Waals surface area contributed by atoms with E-state index in [-0.39, 0.29) is 30.7 Å². The van der Waals surface area contributed by atoms with Gasteiger partial charge in [0.05, 0.1) is 11.8 Å². The van der Waals surface area contributed by atoms with Gasteiger partial charge in [-0.05, 0) is 87.8 Å². The molecule has 0 radical (unpaired) electrons. The minimum Gasteiger partial charge on any atom is -0.491 e. The fraction of sp³-hybridized carbons (Fsp3) is 0.414. The smallest absolute Gasteiger partial charge is 0.435 e. The van der Waals surface area contributed by atoms with Gasteiger partial charge in [-0.2, -0.15) is 9.78 Å². The van der Waals surface area contributed by atoms with E-state index in [1.54, 1.807) is 6.20 Å². The highest BCUT2D eigenvalue weighted by Crippen LogP contribution is 2.35. The van der Waals surface area contributed by atoms with E-state index >= 15 is 0 Å². The molecule has 36 heavy (non-hydrogen) atoms. The summed E-state index contributed by atoms with van der Waals surface area (Å²) in [5.41, 5.74) is 4.51. The van der Waals surface area contributed by atoms with E-state index in [0.717, 1.165) is 59.4 Å². The summed E-state index contributed by atoms with van der Waals surface area (Å²) in [5.74, 6) is 0.861. The molecule has 0 saturated heterocycles. The van der Waals surface area contributed by atoms with Crippen LogP contribution in [0.3, 0.4) is 0 Å². The summed E-state index contributed by atoms with van der Waals surface area (Å²) in [6.07, 6.45) is 5.70. The van der Waals surface area contributed by atoms with E-state index in [4.69, 9.17) is 9.47 Å². The maximum Gasteiger partial charge on any atom is 0.435 e. The van der Waals surface area contributed by atoms with E-state index in [2.05, 4.69) is 10.00 Å². The van der Waals surface area contributed by atoms with Crippen LogP contribution in [0.1, 0.15) is 65.9 Å². The number of benzene rings is 2. The number of carbonyl (C=O) groups is 2. The second-order valence-corrected chi connectivity index (χ2v) is 10.1. The lowest BCUT2D eigenvalue weighted by atomic mass is 9.91. The van der Waals surface area contributed by atoms with Crippen LogP contribution in [-0.4, -0.2) is 44.9 Å².